The lowest BCUT2D eigenvalue weighted by atomic mass is 9.77. The van der Waals surface area contributed by atoms with E-state index in [0.717, 1.165) is 18.3 Å². The normalized spacial score (nSPS) is 21.8. The Labute approximate surface area is 293 Å². The first-order valence-corrected chi connectivity index (χ1v) is 20.1. The maximum atomic E-state index is 13.1. The molecule has 4 rings (SSSR count). The Morgan fingerprint density at radius 1 is 0.521 bits per heavy atom. The molecule has 0 unspecified atom stereocenters. The zero-order valence-electron chi connectivity index (χ0n) is 30.7. The van der Waals surface area contributed by atoms with Crippen molar-refractivity contribution < 1.29 is 19.1 Å². The van der Waals surface area contributed by atoms with E-state index in [9.17, 15) is 9.59 Å². The maximum absolute atomic E-state index is 13.1. The molecule has 4 heteroatoms. The van der Waals surface area contributed by atoms with E-state index >= 15 is 0 Å². The van der Waals surface area contributed by atoms with E-state index < -0.39 is 18.2 Å². The molecule has 4 nitrogen and oxygen atoms in total. The summed E-state index contributed by atoms with van der Waals surface area (Å²) in [6.45, 7) is 6.55. The average molecular weight is 659 g/mol. The highest BCUT2D eigenvalue weighted by Gasteiger charge is 2.25. The van der Waals surface area contributed by atoms with Crippen molar-refractivity contribution in [3.63, 3.8) is 0 Å². The number of unbranched alkanes of at least 4 members (excludes halogenated alkanes) is 8. The van der Waals surface area contributed by atoms with E-state index in [1.165, 1.54) is 140 Å². The van der Waals surface area contributed by atoms with Crippen LogP contribution in [0.15, 0.2) is 48.5 Å². The van der Waals surface area contributed by atoms with Gasteiger partial charge in [-0.05, 0) is 117 Å². The molecule has 0 aliphatic heterocycles. The van der Waals surface area contributed by atoms with Gasteiger partial charge in [0.25, 0.3) is 0 Å². The van der Waals surface area contributed by atoms with Crippen LogP contribution in [0, 0.1) is 11.8 Å². The number of hydrogen-bond acceptors (Lipinski definition) is 4. The standard InChI is InChI=1S/C44H66O4/c1-4-7-9-11-13-16-34-18-22-36(23-19-34)38-26-30-40(31-27-38)43(45)47-42(15-6-3)48-44(46)41-32-28-39(29-33-41)37-24-20-35(21-25-37)17-14-12-10-8-5-2/h26-37,42H,4-25H2,1-3H3. The Kier molecular flexibility index (Phi) is 17.1. The second-order valence-corrected chi connectivity index (χ2v) is 15.1. The van der Waals surface area contributed by atoms with Gasteiger partial charge in [0.2, 0.25) is 6.29 Å². The Balaban J connectivity index is 1.19. The van der Waals surface area contributed by atoms with Gasteiger partial charge in [0.05, 0.1) is 11.1 Å². The first-order chi connectivity index (χ1) is 23.5. The van der Waals surface area contributed by atoms with Gasteiger partial charge in [0.15, 0.2) is 0 Å². The summed E-state index contributed by atoms with van der Waals surface area (Å²) < 4.78 is 11.4. The molecule has 0 radical (unpaired) electrons. The van der Waals surface area contributed by atoms with Crippen LogP contribution in [0.25, 0.3) is 0 Å². The fraction of sp³-hybridized carbons (Fsp3) is 0.682. The number of carbonyl (C=O) groups excluding carboxylic acids is 2. The second-order valence-electron chi connectivity index (χ2n) is 15.1. The summed E-state index contributed by atoms with van der Waals surface area (Å²) in [6, 6.07) is 15.9. The Morgan fingerprint density at radius 3 is 1.25 bits per heavy atom. The van der Waals surface area contributed by atoms with Crippen molar-refractivity contribution in [2.75, 3.05) is 0 Å². The molecular weight excluding hydrogens is 592 g/mol. The molecule has 0 heterocycles. The van der Waals surface area contributed by atoms with Crippen LogP contribution in [0.1, 0.15) is 206 Å². The van der Waals surface area contributed by atoms with Crippen LogP contribution < -0.4 is 0 Å². The summed E-state index contributed by atoms with van der Waals surface area (Å²) in [5.74, 6) is 2.04. The predicted molar refractivity (Wildman–Crippen MR) is 199 cm³/mol. The van der Waals surface area contributed by atoms with Crippen molar-refractivity contribution in [3.8, 4) is 0 Å². The van der Waals surface area contributed by atoms with Crippen molar-refractivity contribution in [3.05, 3.63) is 70.8 Å². The molecule has 2 aliphatic rings. The van der Waals surface area contributed by atoms with Gasteiger partial charge in [-0.2, -0.15) is 0 Å². The molecule has 0 atom stereocenters. The lowest BCUT2D eigenvalue weighted by Gasteiger charge is -2.29. The van der Waals surface area contributed by atoms with Crippen LogP contribution in [-0.2, 0) is 9.47 Å². The third-order valence-corrected chi connectivity index (χ3v) is 11.4. The van der Waals surface area contributed by atoms with E-state index in [0.29, 0.717) is 29.4 Å². The Bertz CT molecular complexity index is 1080. The van der Waals surface area contributed by atoms with Crippen molar-refractivity contribution in [2.45, 2.75) is 180 Å². The van der Waals surface area contributed by atoms with Gasteiger partial charge in [0, 0.05) is 6.42 Å². The molecular formula is C44H66O4. The van der Waals surface area contributed by atoms with E-state index in [1.807, 2.05) is 31.2 Å². The molecule has 2 aromatic carbocycles. The molecule has 2 aliphatic carbocycles. The molecule has 2 saturated carbocycles. The van der Waals surface area contributed by atoms with Crippen LogP contribution in [0.4, 0.5) is 0 Å². The fourth-order valence-corrected chi connectivity index (χ4v) is 8.18. The highest BCUT2D eigenvalue weighted by atomic mass is 16.7. The van der Waals surface area contributed by atoms with Gasteiger partial charge in [0.1, 0.15) is 0 Å². The highest BCUT2D eigenvalue weighted by Crippen LogP contribution is 2.39. The Morgan fingerprint density at radius 2 is 0.896 bits per heavy atom. The summed E-state index contributed by atoms with van der Waals surface area (Å²) in [5, 5.41) is 0. The summed E-state index contributed by atoms with van der Waals surface area (Å²) in [6.07, 6.45) is 26.9. The lowest BCUT2D eigenvalue weighted by Crippen LogP contribution is -2.25. The highest BCUT2D eigenvalue weighted by molar-refractivity contribution is 5.91. The van der Waals surface area contributed by atoms with Gasteiger partial charge in [-0.1, -0.05) is 122 Å². The number of esters is 2. The van der Waals surface area contributed by atoms with Crippen molar-refractivity contribution in [1.82, 2.24) is 0 Å². The van der Waals surface area contributed by atoms with Crippen molar-refractivity contribution in [2.24, 2.45) is 11.8 Å². The third-order valence-electron chi connectivity index (χ3n) is 11.4. The van der Waals surface area contributed by atoms with Crippen LogP contribution in [0.2, 0.25) is 0 Å². The number of ether oxygens (including phenoxy) is 2. The molecule has 2 aromatic rings. The van der Waals surface area contributed by atoms with Crippen LogP contribution >= 0.6 is 0 Å². The van der Waals surface area contributed by atoms with Gasteiger partial charge >= 0.3 is 11.9 Å². The van der Waals surface area contributed by atoms with Crippen molar-refractivity contribution >= 4 is 11.9 Å². The second kappa shape index (κ2) is 21.5. The zero-order valence-corrected chi connectivity index (χ0v) is 30.7. The van der Waals surface area contributed by atoms with Gasteiger partial charge in [-0.3, -0.25) is 0 Å². The molecule has 48 heavy (non-hydrogen) atoms. The molecule has 0 aromatic heterocycles. The first kappa shape index (κ1) is 38.2. The van der Waals surface area contributed by atoms with Gasteiger partial charge in [-0.25, -0.2) is 9.59 Å². The minimum absolute atomic E-state index is 0.438. The minimum Gasteiger partial charge on any atom is -0.422 e. The SMILES string of the molecule is CCCCCCCC1CCC(c2ccc(C(=O)OC(CCC)OC(=O)c3ccc(C4CCC(CCCCCCC)CC4)cc3)cc2)CC1. The number of hydrogen-bond donors (Lipinski definition) is 0. The molecule has 0 amide bonds. The summed E-state index contributed by atoms with van der Waals surface area (Å²) in [5.41, 5.74) is 3.65. The van der Waals surface area contributed by atoms with Gasteiger partial charge in [-0.15, -0.1) is 0 Å². The lowest BCUT2D eigenvalue weighted by molar-refractivity contribution is -0.0830. The summed E-state index contributed by atoms with van der Waals surface area (Å²) >= 11 is 0. The zero-order chi connectivity index (χ0) is 34.0. The predicted octanol–water partition coefficient (Wildman–Crippen LogP) is 13.1. The van der Waals surface area contributed by atoms with E-state index in [-0.39, 0.29) is 0 Å². The van der Waals surface area contributed by atoms with Crippen LogP contribution in [0.3, 0.4) is 0 Å². The van der Waals surface area contributed by atoms with Crippen LogP contribution in [-0.4, -0.2) is 18.2 Å². The molecule has 0 N–H and O–H groups in total. The van der Waals surface area contributed by atoms with E-state index in [2.05, 4.69) is 38.1 Å². The largest absolute Gasteiger partial charge is 0.422 e. The molecule has 266 valence electrons. The first-order valence-electron chi connectivity index (χ1n) is 20.1. The molecule has 0 bridgehead atoms. The monoisotopic (exact) mass is 658 g/mol. The number of benzene rings is 2. The average Bonchev–Trinajstić information content (AvgIpc) is 3.12. The molecule has 0 saturated heterocycles. The number of rotatable bonds is 20. The van der Waals surface area contributed by atoms with E-state index in [4.69, 9.17) is 9.47 Å². The number of carbonyl (C=O) groups is 2. The van der Waals surface area contributed by atoms with Gasteiger partial charge < -0.3 is 9.47 Å². The third kappa shape index (κ3) is 12.7. The molecule has 0 spiro atoms. The van der Waals surface area contributed by atoms with E-state index in [1.54, 1.807) is 0 Å². The topological polar surface area (TPSA) is 52.6 Å². The fourth-order valence-electron chi connectivity index (χ4n) is 8.18. The van der Waals surface area contributed by atoms with Crippen LogP contribution in [0.5, 0.6) is 0 Å². The maximum Gasteiger partial charge on any atom is 0.341 e. The summed E-state index contributed by atoms with van der Waals surface area (Å²) in [4.78, 5) is 26.1. The minimum atomic E-state index is -0.899. The smallest absolute Gasteiger partial charge is 0.341 e. The van der Waals surface area contributed by atoms with Crippen molar-refractivity contribution in [1.29, 1.82) is 0 Å². The quantitative estimate of drug-likeness (QED) is 0.0807. The Hall–Kier alpha value is -2.62. The summed E-state index contributed by atoms with van der Waals surface area (Å²) in [7, 11) is 0. The molecule has 2 fully saturated rings.